The summed E-state index contributed by atoms with van der Waals surface area (Å²) in [5.41, 5.74) is 3.15. The van der Waals surface area contributed by atoms with Crippen molar-refractivity contribution in [3.05, 3.63) is 65.6 Å². The molecule has 3 aromatic rings. The number of aryl methyl sites for hydroxylation is 1. The number of nitrogens with zero attached hydrogens (tertiary/aromatic N) is 2. The van der Waals surface area contributed by atoms with Crippen LogP contribution in [0.4, 0.5) is 8.78 Å². The molecule has 0 saturated heterocycles. The normalized spacial score (nSPS) is 12.9. The molecule has 2 heterocycles. The molecule has 0 spiro atoms. The van der Waals surface area contributed by atoms with Gasteiger partial charge in [0.1, 0.15) is 11.9 Å². The van der Waals surface area contributed by atoms with E-state index < -0.39 is 5.76 Å². The SMILES string of the molecule is FC(F)Sc1ccc(-n2c(-c3ccc(Cl)cc3)c[n+]3c2CCC3)cc1.[Br-]. The average Bonchev–Trinajstić information content (AvgIpc) is 3.17. The van der Waals surface area contributed by atoms with Gasteiger partial charge in [0.05, 0.1) is 13.0 Å². The molecule has 1 aliphatic heterocycles. The molecule has 4 rings (SSSR count). The zero-order valence-electron chi connectivity index (χ0n) is 13.7. The summed E-state index contributed by atoms with van der Waals surface area (Å²) in [4.78, 5) is 0.572. The summed E-state index contributed by atoms with van der Waals surface area (Å²) in [7, 11) is 0. The molecule has 1 aliphatic rings. The molecular weight excluding hydrogens is 442 g/mol. The Morgan fingerprint density at radius 2 is 1.73 bits per heavy atom. The van der Waals surface area contributed by atoms with E-state index in [9.17, 15) is 8.78 Å². The fourth-order valence-electron chi connectivity index (χ4n) is 3.29. The van der Waals surface area contributed by atoms with Gasteiger partial charge in [-0.25, -0.2) is 4.57 Å². The lowest BCUT2D eigenvalue weighted by Gasteiger charge is -2.06. The number of aromatic nitrogens is 2. The number of benzene rings is 2. The van der Waals surface area contributed by atoms with Crippen LogP contribution >= 0.6 is 23.4 Å². The third-order valence-corrected chi connectivity index (χ3v) is 5.34. The van der Waals surface area contributed by atoms with Gasteiger partial charge in [-0.1, -0.05) is 23.4 Å². The van der Waals surface area contributed by atoms with Gasteiger partial charge >= 0.3 is 0 Å². The Bertz CT molecular complexity index is 895. The van der Waals surface area contributed by atoms with Crippen molar-refractivity contribution in [3.63, 3.8) is 0 Å². The highest BCUT2D eigenvalue weighted by molar-refractivity contribution is 7.99. The number of halogens is 4. The molecule has 0 aliphatic carbocycles. The highest BCUT2D eigenvalue weighted by Gasteiger charge is 2.29. The topological polar surface area (TPSA) is 8.81 Å². The third-order valence-electron chi connectivity index (χ3n) is 4.37. The highest BCUT2D eigenvalue weighted by Crippen LogP contribution is 2.30. The van der Waals surface area contributed by atoms with Crippen molar-refractivity contribution in [1.82, 2.24) is 4.57 Å². The highest BCUT2D eigenvalue weighted by atomic mass is 79.9. The van der Waals surface area contributed by atoms with Gasteiger partial charge in [0, 0.05) is 15.5 Å². The molecule has 0 unspecified atom stereocenters. The maximum atomic E-state index is 12.5. The molecule has 0 radical (unpaired) electrons. The monoisotopic (exact) mass is 456 g/mol. The Kier molecular flexibility index (Phi) is 6.05. The number of hydrogen-bond donors (Lipinski definition) is 0. The van der Waals surface area contributed by atoms with Crippen LogP contribution in [0.1, 0.15) is 12.2 Å². The van der Waals surface area contributed by atoms with Gasteiger partial charge in [0.25, 0.3) is 11.6 Å². The van der Waals surface area contributed by atoms with Crippen LogP contribution in [0.5, 0.6) is 0 Å². The zero-order valence-corrected chi connectivity index (χ0v) is 16.9. The van der Waals surface area contributed by atoms with E-state index in [0.29, 0.717) is 21.7 Å². The number of fused-ring (bicyclic) bond motifs is 1. The first-order valence-electron chi connectivity index (χ1n) is 8.07. The second-order valence-corrected chi connectivity index (χ2v) is 7.44. The lowest BCUT2D eigenvalue weighted by molar-refractivity contribution is -0.689. The van der Waals surface area contributed by atoms with E-state index in [0.717, 1.165) is 36.3 Å². The Hall–Kier alpha value is -1.37. The van der Waals surface area contributed by atoms with E-state index in [1.807, 2.05) is 36.4 Å². The first-order chi connectivity index (χ1) is 12.1. The molecule has 0 N–H and O–H groups in total. The van der Waals surface area contributed by atoms with Crippen molar-refractivity contribution in [2.24, 2.45) is 0 Å². The second-order valence-electron chi connectivity index (χ2n) is 5.94. The second kappa shape index (κ2) is 8.11. The van der Waals surface area contributed by atoms with E-state index in [2.05, 4.69) is 15.3 Å². The van der Waals surface area contributed by atoms with Crippen molar-refractivity contribution in [3.8, 4) is 16.9 Å². The number of thioether (sulfide) groups is 1. The smallest absolute Gasteiger partial charge is 0.288 e. The summed E-state index contributed by atoms with van der Waals surface area (Å²) in [6.45, 7) is 1.00. The van der Waals surface area contributed by atoms with Gasteiger partial charge < -0.3 is 17.0 Å². The maximum Gasteiger partial charge on any atom is 0.288 e. The fraction of sp³-hybridized carbons (Fsp3) is 0.211. The molecule has 0 fully saturated rings. The number of hydrogen-bond acceptors (Lipinski definition) is 1. The van der Waals surface area contributed by atoms with E-state index in [4.69, 9.17) is 11.6 Å². The van der Waals surface area contributed by atoms with Gasteiger partial charge in [0.2, 0.25) is 0 Å². The van der Waals surface area contributed by atoms with Crippen LogP contribution in [-0.2, 0) is 13.0 Å². The standard InChI is InChI=1S/C19H16ClF2N2S.BrH/c20-14-5-3-13(4-6-14)17-12-23-11-1-2-18(23)24(17)15-7-9-16(10-8-15)25-19(21)22;/h3-10,12,19H,1-2,11H2;1H/q+1;/p-1. The minimum absolute atomic E-state index is 0. The van der Waals surface area contributed by atoms with E-state index in [-0.39, 0.29) is 17.0 Å². The molecular formula is C19H16BrClF2N2S. The van der Waals surface area contributed by atoms with Crippen molar-refractivity contribution in [2.75, 3.05) is 0 Å². The van der Waals surface area contributed by atoms with E-state index in [1.165, 1.54) is 5.82 Å². The van der Waals surface area contributed by atoms with Crippen molar-refractivity contribution < 1.29 is 30.3 Å². The van der Waals surface area contributed by atoms with Gasteiger partial charge in [0.15, 0.2) is 5.69 Å². The fourth-order valence-corrected chi connectivity index (χ4v) is 3.92. The summed E-state index contributed by atoms with van der Waals surface area (Å²) < 4.78 is 29.6. The van der Waals surface area contributed by atoms with Crippen LogP contribution in [0.15, 0.2) is 59.6 Å². The largest absolute Gasteiger partial charge is 1.00 e. The Labute approximate surface area is 170 Å². The zero-order chi connectivity index (χ0) is 17.4. The molecule has 1 aromatic heterocycles. The lowest BCUT2D eigenvalue weighted by atomic mass is 10.1. The van der Waals surface area contributed by atoms with Crippen molar-refractivity contribution in [2.45, 2.75) is 30.0 Å². The van der Waals surface area contributed by atoms with E-state index >= 15 is 0 Å². The Balaban J connectivity index is 0.00000196. The summed E-state index contributed by atoms with van der Waals surface area (Å²) >= 11 is 6.58. The first-order valence-corrected chi connectivity index (χ1v) is 9.33. The molecule has 2 nitrogen and oxygen atoms in total. The molecule has 26 heavy (non-hydrogen) atoms. The van der Waals surface area contributed by atoms with Gasteiger partial charge in [-0.15, -0.1) is 0 Å². The predicted molar refractivity (Wildman–Crippen MR) is 96.6 cm³/mol. The maximum absolute atomic E-state index is 12.5. The number of rotatable bonds is 4. The molecule has 2 aromatic carbocycles. The predicted octanol–water partition coefficient (Wildman–Crippen LogP) is 2.35. The lowest BCUT2D eigenvalue weighted by Crippen LogP contribution is -3.00. The van der Waals surface area contributed by atoms with Crippen LogP contribution in [0.25, 0.3) is 16.9 Å². The minimum atomic E-state index is -2.40. The van der Waals surface area contributed by atoms with Gasteiger partial charge in [-0.3, -0.25) is 0 Å². The molecule has 7 heteroatoms. The number of imidazole rings is 1. The molecule has 0 amide bonds. The van der Waals surface area contributed by atoms with Crippen LogP contribution in [0.2, 0.25) is 5.02 Å². The molecule has 0 atom stereocenters. The van der Waals surface area contributed by atoms with Crippen LogP contribution < -0.4 is 21.5 Å². The van der Waals surface area contributed by atoms with Gasteiger partial charge in [-0.05, 0) is 55.0 Å². The van der Waals surface area contributed by atoms with Crippen LogP contribution in [0.3, 0.4) is 0 Å². The Morgan fingerprint density at radius 1 is 1.04 bits per heavy atom. The first kappa shape index (κ1) is 19.4. The van der Waals surface area contributed by atoms with Crippen LogP contribution in [0, 0.1) is 0 Å². The van der Waals surface area contributed by atoms with Gasteiger partial charge in [-0.2, -0.15) is 13.3 Å². The third kappa shape index (κ3) is 3.82. The average molecular weight is 458 g/mol. The van der Waals surface area contributed by atoms with Crippen molar-refractivity contribution >= 4 is 23.4 Å². The summed E-state index contributed by atoms with van der Waals surface area (Å²) in [6.07, 6.45) is 4.28. The summed E-state index contributed by atoms with van der Waals surface area (Å²) in [5.74, 6) is -1.17. The Morgan fingerprint density at radius 3 is 2.38 bits per heavy atom. The van der Waals surface area contributed by atoms with Crippen molar-refractivity contribution in [1.29, 1.82) is 0 Å². The molecule has 0 bridgehead atoms. The summed E-state index contributed by atoms with van der Waals surface area (Å²) in [5, 5.41) is 0.704. The minimum Gasteiger partial charge on any atom is -1.00 e. The van der Waals surface area contributed by atoms with Crippen LogP contribution in [-0.4, -0.2) is 10.3 Å². The molecule has 0 saturated carbocycles. The summed E-state index contributed by atoms with van der Waals surface area (Å²) in [6, 6.07) is 15.1. The number of alkyl halides is 2. The quantitative estimate of drug-likeness (QED) is 0.432. The molecule has 136 valence electrons. The van der Waals surface area contributed by atoms with E-state index in [1.54, 1.807) is 12.1 Å².